The van der Waals surface area contributed by atoms with Gasteiger partial charge in [0.05, 0.1) is 11.4 Å². The molecule has 0 radical (unpaired) electrons. The molecule has 5 heteroatoms. The minimum atomic E-state index is -0.489. The normalized spacial score (nSPS) is 11.8. The molecule has 0 saturated heterocycles. The van der Waals surface area contributed by atoms with Crippen molar-refractivity contribution in [1.29, 1.82) is 0 Å². The first-order valence-corrected chi connectivity index (χ1v) is 10.8. The number of hydrogen-bond donors (Lipinski definition) is 2. The third-order valence-electron chi connectivity index (χ3n) is 5.64. The summed E-state index contributed by atoms with van der Waals surface area (Å²) in [5.41, 5.74) is 6.99. The van der Waals surface area contributed by atoms with E-state index in [0.717, 1.165) is 39.5 Å². The van der Waals surface area contributed by atoms with E-state index in [2.05, 4.69) is 17.6 Å². The molecular formula is C27H28N4O. The van der Waals surface area contributed by atoms with Crippen LogP contribution in [0.2, 0.25) is 0 Å². The predicted octanol–water partition coefficient (Wildman–Crippen LogP) is 5.27. The molecule has 4 rings (SSSR count). The van der Waals surface area contributed by atoms with Crippen molar-refractivity contribution in [3.8, 4) is 5.69 Å². The molecule has 0 fully saturated rings. The SMILES string of the molecule is Cc1ccc(NC(=O)[C@H](NCc2c(C)nn(-c3ccccc3)c2C)c2ccccc2)cc1. The number of nitrogens with one attached hydrogen (secondary N) is 2. The maximum Gasteiger partial charge on any atom is 0.246 e. The molecule has 0 unspecified atom stereocenters. The van der Waals surface area contributed by atoms with Gasteiger partial charge in [-0.25, -0.2) is 4.68 Å². The zero-order valence-electron chi connectivity index (χ0n) is 18.7. The first-order valence-electron chi connectivity index (χ1n) is 10.8. The number of hydrogen-bond acceptors (Lipinski definition) is 3. The van der Waals surface area contributed by atoms with E-state index in [1.54, 1.807) is 0 Å². The van der Waals surface area contributed by atoms with E-state index in [4.69, 9.17) is 5.10 Å². The van der Waals surface area contributed by atoms with Crippen LogP contribution in [0.1, 0.15) is 34.1 Å². The third kappa shape index (κ3) is 4.79. The van der Waals surface area contributed by atoms with E-state index in [1.165, 1.54) is 0 Å². The molecule has 1 atom stereocenters. The summed E-state index contributed by atoms with van der Waals surface area (Å²) >= 11 is 0. The van der Waals surface area contributed by atoms with Gasteiger partial charge in [-0.2, -0.15) is 5.10 Å². The molecule has 0 saturated carbocycles. The number of anilines is 1. The van der Waals surface area contributed by atoms with Crippen molar-refractivity contribution in [1.82, 2.24) is 15.1 Å². The van der Waals surface area contributed by atoms with Crippen molar-refractivity contribution in [3.05, 3.63) is 113 Å². The number of benzene rings is 3. The molecular weight excluding hydrogens is 396 g/mol. The Balaban J connectivity index is 1.57. The highest BCUT2D eigenvalue weighted by Gasteiger charge is 2.22. The van der Waals surface area contributed by atoms with Gasteiger partial charge in [0.2, 0.25) is 5.91 Å². The van der Waals surface area contributed by atoms with E-state index >= 15 is 0 Å². The van der Waals surface area contributed by atoms with Gasteiger partial charge in [-0.3, -0.25) is 10.1 Å². The standard InChI is InChI=1S/C27H28N4O/c1-19-14-16-23(17-15-19)29-27(32)26(22-10-6-4-7-11-22)28-18-25-20(2)30-31(21(25)3)24-12-8-5-9-13-24/h4-17,26,28H,18H2,1-3H3,(H,29,32)/t26-/m1/s1. The van der Waals surface area contributed by atoms with Crippen LogP contribution in [-0.4, -0.2) is 15.7 Å². The number of amides is 1. The first kappa shape index (κ1) is 21.5. The lowest BCUT2D eigenvalue weighted by atomic mass is 10.0. The minimum Gasteiger partial charge on any atom is -0.324 e. The molecule has 0 aliphatic rings. The molecule has 0 spiro atoms. The molecule has 5 nitrogen and oxygen atoms in total. The van der Waals surface area contributed by atoms with Crippen molar-refractivity contribution in [2.75, 3.05) is 5.32 Å². The lowest BCUT2D eigenvalue weighted by Crippen LogP contribution is -2.33. The fraction of sp³-hybridized carbons (Fsp3) is 0.185. The van der Waals surface area contributed by atoms with E-state index in [9.17, 15) is 4.79 Å². The lowest BCUT2D eigenvalue weighted by Gasteiger charge is -2.19. The quantitative estimate of drug-likeness (QED) is 0.425. The Bertz CT molecular complexity index is 1180. The fourth-order valence-corrected chi connectivity index (χ4v) is 3.81. The number of carbonyl (C=O) groups is 1. The van der Waals surface area contributed by atoms with Gasteiger partial charge in [0.25, 0.3) is 0 Å². The highest BCUT2D eigenvalue weighted by atomic mass is 16.2. The van der Waals surface area contributed by atoms with E-state index in [0.29, 0.717) is 6.54 Å². The van der Waals surface area contributed by atoms with Crippen molar-refractivity contribution in [2.45, 2.75) is 33.4 Å². The zero-order chi connectivity index (χ0) is 22.5. The van der Waals surface area contributed by atoms with E-state index in [-0.39, 0.29) is 5.91 Å². The van der Waals surface area contributed by atoms with Gasteiger partial charge in [-0.05, 0) is 50.6 Å². The highest BCUT2D eigenvalue weighted by molar-refractivity contribution is 5.95. The van der Waals surface area contributed by atoms with Crippen LogP contribution < -0.4 is 10.6 Å². The van der Waals surface area contributed by atoms with Crippen LogP contribution in [0.25, 0.3) is 5.69 Å². The largest absolute Gasteiger partial charge is 0.324 e. The average molecular weight is 425 g/mol. The van der Waals surface area contributed by atoms with Crippen LogP contribution >= 0.6 is 0 Å². The van der Waals surface area contributed by atoms with E-state index < -0.39 is 6.04 Å². The number of aryl methyl sites for hydroxylation is 2. The van der Waals surface area contributed by atoms with Gasteiger partial charge in [0.15, 0.2) is 0 Å². The molecule has 162 valence electrons. The zero-order valence-corrected chi connectivity index (χ0v) is 18.7. The molecule has 0 aliphatic carbocycles. The summed E-state index contributed by atoms with van der Waals surface area (Å²) < 4.78 is 1.95. The Labute approximate surface area is 189 Å². The number of aromatic nitrogens is 2. The average Bonchev–Trinajstić information content (AvgIpc) is 3.10. The Hall–Kier alpha value is -3.70. The van der Waals surface area contributed by atoms with Crippen LogP contribution in [0.5, 0.6) is 0 Å². The fourth-order valence-electron chi connectivity index (χ4n) is 3.81. The van der Waals surface area contributed by atoms with Gasteiger partial charge in [-0.1, -0.05) is 66.2 Å². The van der Waals surface area contributed by atoms with Crippen LogP contribution in [0.3, 0.4) is 0 Å². The van der Waals surface area contributed by atoms with Gasteiger partial charge < -0.3 is 5.32 Å². The second kappa shape index (κ2) is 9.62. The molecule has 0 bridgehead atoms. The third-order valence-corrected chi connectivity index (χ3v) is 5.64. The number of nitrogens with zero attached hydrogens (tertiary/aromatic N) is 2. The summed E-state index contributed by atoms with van der Waals surface area (Å²) in [6.45, 7) is 6.63. The smallest absolute Gasteiger partial charge is 0.246 e. The molecule has 2 N–H and O–H groups in total. The second-order valence-electron chi connectivity index (χ2n) is 7.98. The molecule has 0 aliphatic heterocycles. The van der Waals surface area contributed by atoms with Crippen LogP contribution in [0.15, 0.2) is 84.9 Å². The summed E-state index contributed by atoms with van der Waals surface area (Å²) in [5, 5.41) is 11.2. The predicted molar refractivity (Wildman–Crippen MR) is 129 cm³/mol. The molecule has 1 aromatic heterocycles. The van der Waals surface area contributed by atoms with E-state index in [1.807, 2.05) is 103 Å². The first-order chi connectivity index (χ1) is 15.5. The van der Waals surface area contributed by atoms with Crippen molar-refractivity contribution in [2.24, 2.45) is 0 Å². The van der Waals surface area contributed by atoms with Crippen LogP contribution in [-0.2, 0) is 11.3 Å². The molecule has 4 aromatic rings. The maximum atomic E-state index is 13.2. The Morgan fingerprint density at radius 1 is 0.875 bits per heavy atom. The van der Waals surface area contributed by atoms with Gasteiger partial charge in [0, 0.05) is 23.5 Å². The summed E-state index contributed by atoms with van der Waals surface area (Å²) in [6.07, 6.45) is 0. The molecule has 3 aromatic carbocycles. The summed E-state index contributed by atoms with van der Waals surface area (Å²) in [7, 11) is 0. The van der Waals surface area contributed by atoms with Crippen LogP contribution in [0.4, 0.5) is 5.69 Å². The number of rotatable bonds is 7. The summed E-state index contributed by atoms with van der Waals surface area (Å²) in [5.74, 6) is -0.0918. The van der Waals surface area contributed by atoms with Gasteiger partial charge in [-0.15, -0.1) is 0 Å². The topological polar surface area (TPSA) is 59.0 Å². The Morgan fingerprint density at radius 2 is 1.50 bits per heavy atom. The van der Waals surface area contributed by atoms with Crippen LogP contribution in [0, 0.1) is 20.8 Å². The summed E-state index contributed by atoms with van der Waals surface area (Å²) in [4.78, 5) is 13.2. The van der Waals surface area contributed by atoms with Gasteiger partial charge in [0.1, 0.15) is 6.04 Å². The summed E-state index contributed by atoms with van der Waals surface area (Å²) in [6, 6.07) is 27.2. The van der Waals surface area contributed by atoms with Crippen molar-refractivity contribution in [3.63, 3.8) is 0 Å². The van der Waals surface area contributed by atoms with Crippen molar-refractivity contribution < 1.29 is 4.79 Å². The highest BCUT2D eigenvalue weighted by Crippen LogP contribution is 2.21. The Morgan fingerprint density at radius 3 is 2.16 bits per heavy atom. The molecule has 32 heavy (non-hydrogen) atoms. The second-order valence-corrected chi connectivity index (χ2v) is 7.98. The number of para-hydroxylation sites is 1. The minimum absolute atomic E-state index is 0.0918. The molecule has 1 heterocycles. The molecule has 1 amide bonds. The number of carbonyl (C=O) groups excluding carboxylic acids is 1. The maximum absolute atomic E-state index is 13.2. The Kier molecular flexibility index (Phi) is 6.47. The lowest BCUT2D eigenvalue weighted by molar-refractivity contribution is -0.118. The van der Waals surface area contributed by atoms with Crippen molar-refractivity contribution >= 4 is 11.6 Å². The van der Waals surface area contributed by atoms with Gasteiger partial charge >= 0.3 is 0 Å². The monoisotopic (exact) mass is 424 g/mol.